The lowest BCUT2D eigenvalue weighted by molar-refractivity contribution is -0.150. The van der Waals surface area contributed by atoms with Gasteiger partial charge in [0.15, 0.2) is 13.9 Å². The van der Waals surface area contributed by atoms with Gasteiger partial charge in [0.1, 0.15) is 6.61 Å². The highest BCUT2D eigenvalue weighted by molar-refractivity contribution is 6.71. The lowest BCUT2D eigenvalue weighted by Crippen LogP contribution is -2.46. The molecule has 1 spiro atoms. The third kappa shape index (κ3) is 5.72. The Morgan fingerprint density at radius 1 is 1.02 bits per heavy atom. The summed E-state index contributed by atoms with van der Waals surface area (Å²) in [6.45, 7) is 6.82. The number of benzene rings is 3. The quantitative estimate of drug-likeness (QED) is 0.315. The van der Waals surface area contributed by atoms with Crippen LogP contribution in [0.1, 0.15) is 30.0 Å². The molecule has 0 saturated carbocycles. The Balaban J connectivity index is 1.40. The molecule has 3 aliphatic rings. The number of aliphatic hydroxyl groups excluding tert-OH is 1. The molecule has 11 heteroatoms. The van der Waals surface area contributed by atoms with E-state index in [-0.39, 0.29) is 38.0 Å². The summed E-state index contributed by atoms with van der Waals surface area (Å²) in [4.78, 5) is 57.7. The summed E-state index contributed by atoms with van der Waals surface area (Å²) < 4.78 is 12.1. The zero-order chi connectivity index (χ0) is 32.6. The molecule has 3 aromatic rings. The summed E-state index contributed by atoms with van der Waals surface area (Å²) in [6.07, 6.45) is -1.26. The molecule has 10 nitrogen and oxygen atoms in total. The van der Waals surface area contributed by atoms with E-state index < -0.39 is 37.6 Å². The fourth-order valence-corrected chi connectivity index (χ4v) is 10.1. The van der Waals surface area contributed by atoms with Crippen LogP contribution in [0.5, 0.6) is 0 Å². The molecule has 2 saturated heterocycles. The van der Waals surface area contributed by atoms with Crippen molar-refractivity contribution >= 4 is 37.6 Å². The van der Waals surface area contributed by atoms with Crippen LogP contribution in [0, 0.1) is 5.92 Å². The van der Waals surface area contributed by atoms with Crippen LogP contribution in [-0.4, -0.2) is 73.4 Å². The van der Waals surface area contributed by atoms with E-state index in [1.807, 2.05) is 98.9 Å². The largest absolute Gasteiger partial charge is 0.447 e. The van der Waals surface area contributed by atoms with E-state index in [9.17, 15) is 24.3 Å². The molecule has 2 N–H and O–H groups in total. The number of nitrogens with zero attached hydrogens (tertiary/aromatic N) is 3. The molecule has 0 radical (unpaired) electrons. The van der Waals surface area contributed by atoms with Crippen molar-refractivity contribution in [3.8, 4) is 0 Å². The standard InChI is InChI=1S/C35H41N3O7Si/c1-24-32(46(2,3)43)30(21-31(40)36(16-18-39)22-25-10-6-4-7-11-25)45-35(24)28-20-27(37-17-19-44-34(37)42)14-15-29(28)38(33(35)41)23-26-12-8-5-9-13-26/h4-15,20,24,30,32,39,43H,16-19,21-23H2,1-3H3/t24-,30+,32-,35+/m1/s1. The van der Waals surface area contributed by atoms with Crippen LogP contribution in [0.15, 0.2) is 78.9 Å². The first-order valence-electron chi connectivity index (χ1n) is 15.8. The van der Waals surface area contributed by atoms with Gasteiger partial charge < -0.3 is 29.2 Å². The third-order valence-electron chi connectivity index (χ3n) is 9.54. The van der Waals surface area contributed by atoms with Crippen LogP contribution in [0.25, 0.3) is 0 Å². The zero-order valence-electron chi connectivity index (χ0n) is 26.5. The Bertz CT molecular complexity index is 1600. The minimum Gasteiger partial charge on any atom is -0.447 e. The molecule has 3 heterocycles. The molecule has 3 aliphatic heterocycles. The topological polar surface area (TPSA) is 120 Å². The third-order valence-corrected chi connectivity index (χ3v) is 12.0. The van der Waals surface area contributed by atoms with Crippen molar-refractivity contribution in [3.63, 3.8) is 0 Å². The van der Waals surface area contributed by atoms with E-state index in [0.717, 1.165) is 11.1 Å². The van der Waals surface area contributed by atoms with Gasteiger partial charge in [0.2, 0.25) is 5.91 Å². The zero-order valence-corrected chi connectivity index (χ0v) is 27.5. The van der Waals surface area contributed by atoms with E-state index in [1.165, 1.54) is 4.90 Å². The van der Waals surface area contributed by atoms with Gasteiger partial charge >= 0.3 is 6.09 Å². The van der Waals surface area contributed by atoms with Crippen molar-refractivity contribution in [3.05, 3.63) is 95.6 Å². The predicted octanol–water partition coefficient (Wildman–Crippen LogP) is 4.40. The molecule has 46 heavy (non-hydrogen) atoms. The normalized spacial score (nSPS) is 24.1. The highest BCUT2D eigenvalue weighted by Gasteiger charge is 2.66. The van der Waals surface area contributed by atoms with Crippen molar-refractivity contribution in [2.45, 2.75) is 56.8 Å². The highest BCUT2D eigenvalue weighted by Crippen LogP contribution is 2.60. The summed E-state index contributed by atoms with van der Waals surface area (Å²) in [7, 11) is -3.04. The van der Waals surface area contributed by atoms with Crippen LogP contribution < -0.4 is 9.80 Å². The molecule has 2 fully saturated rings. The average Bonchev–Trinajstić information content (AvgIpc) is 3.66. The Kier molecular flexibility index (Phi) is 8.77. The van der Waals surface area contributed by atoms with Crippen LogP contribution in [-0.2, 0) is 37.8 Å². The first kappa shape index (κ1) is 31.9. The molecule has 3 aromatic carbocycles. The average molecular weight is 644 g/mol. The fraction of sp³-hybridized carbons (Fsp3) is 0.400. The van der Waals surface area contributed by atoms with E-state index in [4.69, 9.17) is 9.47 Å². The van der Waals surface area contributed by atoms with Gasteiger partial charge in [-0.05, 0) is 42.4 Å². The minimum atomic E-state index is -3.04. The number of hydrogen-bond acceptors (Lipinski definition) is 7. The van der Waals surface area contributed by atoms with Gasteiger partial charge in [-0.1, -0.05) is 67.6 Å². The first-order valence-corrected chi connectivity index (χ1v) is 18.8. The van der Waals surface area contributed by atoms with Crippen LogP contribution in [0.2, 0.25) is 18.6 Å². The lowest BCUT2D eigenvalue weighted by Gasteiger charge is -2.33. The number of fused-ring (bicyclic) bond motifs is 2. The maximum Gasteiger partial charge on any atom is 0.414 e. The molecular weight excluding hydrogens is 602 g/mol. The number of carbonyl (C=O) groups excluding carboxylic acids is 3. The molecular formula is C35H41N3O7Si. The van der Waals surface area contributed by atoms with E-state index in [2.05, 4.69) is 0 Å². The second-order valence-corrected chi connectivity index (χ2v) is 16.9. The van der Waals surface area contributed by atoms with Crippen LogP contribution in [0.4, 0.5) is 16.2 Å². The van der Waals surface area contributed by atoms with Crippen molar-refractivity contribution in [1.29, 1.82) is 0 Å². The Morgan fingerprint density at radius 2 is 1.70 bits per heavy atom. The second kappa shape index (κ2) is 12.6. The van der Waals surface area contributed by atoms with Gasteiger partial charge in [0.05, 0.1) is 37.9 Å². The monoisotopic (exact) mass is 643 g/mol. The number of hydrogen-bond donors (Lipinski definition) is 2. The van der Waals surface area contributed by atoms with Gasteiger partial charge in [0.25, 0.3) is 5.91 Å². The smallest absolute Gasteiger partial charge is 0.414 e. The number of ether oxygens (including phenoxy) is 2. The molecule has 6 rings (SSSR count). The molecule has 242 valence electrons. The van der Waals surface area contributed by atoms with Crippen molar-refractivity contribution in [2.75, 3.05) is 36.1 Å². The number of aliphatic hydroxyl groups is 1. The summed E-state index contributed by atoms with van der Waals surface area (Å²) in [5, 5.41) is 9.80. The lowest BCUT2D eigenvalue weighted by atomic mass is 9.82. The summed E-state index contributed by atoms with van der Waals surface area (Å²) in [5.74, 6) is -0.962. The number of anilines is 2. The van der Waals surface area contributed by atoms with Crippen molar-refractivity contribution in [1.82, 2.24) is 4.90 Å². The van der Waals surface area contributed by atoms with Gasteiger partial charge in [-0.15, -0.1) is 0 Å². The molecule has 0 bridgehead atoms. The van der Waals surface area contributed by atoms with Crippen molar-refractivity contribution < 1.29 is 33.8 Å². The molecule has 3 amide bonds. The van der Waals surface area contributed by atoms with E-state index in [0.29, 0.717) is 36.6 Å². The van der Waals surface area contributed by atoms with Gasteiger partial charge in [-0.2, -0.15) is 0 Å². The number of carbonyl (C=O) groups is 3. The number of rotatable bonds is 10. The van der Waals surface area contributed by atoms with Crippen molar-refractivity contribution in [2.24, 2.45) is 5.92 Å². The molecule has 0 aromatic heterocycles. The maximum atomic E-state index is 14.8. The SMILES string of the molecule is C[C@@H]1[C@@H]([Si](C)(C)O)[C@H](CC(=O)N(CCO)Cc2ccccc2)O[C@@]12C(=O)N(Cc1ccccc1)c1ccc(N3CCOC3=O)cc12. The number of cyclic esters (lactones) is 1. The Labute approximate surface area is 270 Å². The summed E-state index contributed by atoms with van der Waals surface area (Å²) in [6, 6.07) is 24.8. The Morgan fingerprint density at radius 3 is 2.30 bits per heavy atom. The molecule has 0 unspecified atom stereocenters. The number of amides is 3. The maximum absolute atomic E-state index is 14.8. The predicted molar refractivity (Wildman–Crippen MR) is 175 cm³/mol. The fourth-order valence-electron chi connectivity index (χ4n) is 7.50. The highest BCUT2D eigenvalue weighted by atomic mass is 28.4. The van der Waals surface area contributed by atoms with Crippen LogP contribution in [0.3, 0.4) is 0 Å². The summed E-state index contributed by atoms with van der Waals surface area (Å²) in [5.41, 5.74) is 1.82. The molecule has 0 aliphatic carbocycles. The molecule has 4 atom stereocenters. The van der Waals surface area contributed by atoms with Gasteiger partial charge in [-0.25, -0.2) is 4.79 Å². The van der Waals surface area contributed by atoms with Gasteiger partial charge in [-0.3, -0.25) is 14.5 Å². The van der Waals surface area contributed by atoms with Crippen LogP contribution >= 0.6 is 0 Å². The van der Waals surface area contributed by atoms with E-state index in [1.54, 1.807) is 9.80 Å². The minimum absolute atomic E-state index is 0.0555. The van der Waals surface area contributed by atoms with Gasteiger partial charge in [0, 0.05) is 35.8 Å². The first-order chi connectivity index (χ1) is 22.0. The van der Waals surface area contributed by atoms with E-state index >= 15 is 0 Å². The summed E-state index contributed by atoms with van der Waals surface area (Å²) >= 11 is 0. The Hall–Kier alpha value is -4.03. The second-order valence-electron chi connectivity index (χ2n) is 12.9.